The number of ether oxygens (including phenoxy) is 2. The second kappa shape index (κ2) is 9.23. The maximum atomic E-state index is 15.3. The van der Waals surface area contributed by atoms with Gasteiger partial charge in [-0.1, -0.05) is 0 Å². The molecule has 0 spiro atoms. The number of benzene rings is 2. The molecule has 0 aliphatic heterocycles. The minimum Gasteiger partial charge on any atom is -0.497 e. The highest BCUT2D eigenvalue weighted by Crippen LogP contribution is 2.39. The molecule has 2 aromatic heterocycles. The molecular formula is C26H27FN4O3. The predicted octanol–water partition coefficient (Wildman–Crippen LogP) is 5.10. The Morgan fingerprint density at radius 3 is 2.79 bits per heavy atom. The fraction of sp³-hybridized carbons (Fsp3) is 0.269. The lowest BCUT2D eigenvalue weighted by molar-refractivity contribution is 0.176. The van der Waals surface area contributed by atoms with E-state index in [1.807, 2.05) is 30.5 Å². The third kappa shape index (κ3) is 4.01. The Hall–Kier alpha value is -3.78. The van der Waals surface area contributed by atoms with Crippen LogP contribution in [0.1, 0.15) is 29.3 Å². The molecule has 7 nitrogen and oxygen atoms in total. The van der Waals surface area contributed by atoms with E-state index >= 15 is 4.39 Å². The van der Waals surface area contributed by atoms with Crippen LogP contribution in [0.15, 0.2) is 48.8 Å². The summed E-state index contributed by atoms with van der Waals surface area (Å²) in [5.74, 6) is 0.477. The van der Waals surface area contributed by atoms with E-state index < -0.39 is 11.9 Å². The molecule has 1 unspecified atom stereocenters. The molecule has 0 saturated heterocycles. The third-order valence-corrected chi connectivity index (χ3v) is 6.33. The number of hydrogen-bond donors (Lipinski definition) is 4. The van der Waals surface area contributed by atoms with Crippen molar-refractivity contribution in [3.05, 3.63) is 71.4 Å². The molecule has 0 bridgehead atoms. The number of aromatic amines is 1. The van der Waals surface area contributed by atoms with Crippen molar-refractivity contribution in [2.45, 2.75) is 25.4 Å². The first-order valence-corrected chi connectivity index (χ1v) is 11.3. The lowest BCUT2D eigenvalue weighted by atomic mass is 10.1. The standard InChI is InChI=1S/C26H27FN4O3/c1-33-16-3-4-17-15(14-30-22(17)13-16)9-11-28-20-6-7-21(26(34-2)24(20)27)31-19-10-12-29-25-18(19)5-8-23(25)32/h3-4,6-7,10,12-14,23,28,30,32H,5,8-9,11H2,1-2H3,(H,29,31). The molecule has 1 aliphatic rings. The number of aliphatic hydroxyl groups excluding tert-OH is 1. The fourth-order valence-corrected chi connectivity index (χ4v) is 4.56. The highest BCUT2D eigenvalue weighted by atomic mass is 19.1. The second-order valence-corrected chi connectivity index (χ2v) is 8.31. The van der Waals surface area contributed by atoms with E-state index in [0.29, 0.717) is 30.0 Å². The van der Waals surface area contributed by atoms with Crippen LogP contribution in [0.4, 0.5) is 21.5 Å². The molecule has 0 saturated carbocycles. The Balaban J connectivity index is 1.31. The van der Waals surface area contributed by atoms with Crippen LogP contribution in [-0.2, 0) is 12.8 Å². The average Bonchev–Trinajstić information content (AvgIpc) is 3.44. The zero-order chi connectivity index (χ0) is 23.7. The van der Waals surface area contributed by atoms with Gasteiger partial charge in [0.05, 0.1) is 37.4 Å². The number of aromatic nitrogens is 2. The molecule has 0 fully saturated rings. The van der Waals surface area contributed by atoms with Gasteiger partial charge in [0.15, 0.2) is 11.6 Å². The van der Waals surface area contributed by atoms with Crippen LogP contribution < -0.4 is 20.1 Å². The Bertz CT molecular complexity index is 1340. The van der Waals surface area contributed by atoms with E-state index in [4.69, 9.17) is 9.47 Å². The van der Waals surface area contributed by atoms with Gasteiger partial charge in [0.2, 0.25) is 0 Å². The Morgan fingerprint density at radius 2 is 1.97 bits per heavy atom. The first kappa shape index (κ1) is 22.0. The second-order valence-electron chi connectivity index (χ2n) is 8.31. The van der Waals surface area contributed by atoms with E-state index in [0.717, 1.165) is 46.3 Å². The third-order valence-electron chi connectivity index (χ3n) is 6.33. The smallest absolute Gasteiger partial charge is 0.190 e. The maximum Gasteiger partial charge on any atom is 0.190 e. The lowest BCUT2D eigenvalue weighted by Crippen LogP contribution is -2.08. The van der Waals surface area contributed by atoms with Gasteiger partial charge in [-0.2, -0.15) is 0 Å². The van der Waals surface area contributed by atoms with Gasteiger partial charge in [-0.25, -0.2) is 4.39 Å². The monoisotopic (exact) mass is 462 g/mol. The van der Waals surface area contributed by atoms with E-state index in [-0.39, 0.29) is 5.75 Å². The fourth-order valence-electron chi connectivity index (χ4n) is 4.56. The number of fused-ring (bicyclic) bond motifs is 2. The quantitative estimate of drug-likeness (QED) is 0.291. The van der Waals surface area contributed by atoms with E-state index in [1.54, 1.807) is 25.4 Å². The maximum absolute atomic E-state index is 15.3. The van der Waals surface area contributed by atoms with E-state index in [9.17, 15) is 5.11 Å². The Kier molecular flexibility index (Phi) is 5.98. The van der Waals surface area contributed by atoms with Crippen LogP contribution >= 0.6 is 0 Å². The van der Waals surface area contributed by atoms with Crippen LogP contribution in [-0.4, -0.2) is 35.8 Å². The molecule has 34 heavy (non-hydrogen) atoms. The van der Waals surface area contributed by atoms with Crippen LogP contribution in [0.3, 0.4) is 0 Å². The highest BCUT2D eigenvalue weighted by Gasteiger charge is 2.25. The summed E-state index contributed by atoms with van der Waals surface area (Å²) in [5, 5.41) is 17.7. The summed E-state index contributed by atoms with van der Waals surface area (Å²) in [7, 11) is 3.10. The van der Waals surface area contributed by atoms with Crippen LogP contribution in [0.25, 0.3) is 10.9 Å². The number of H-pyrrole nitrogens is 1. The molecule has 176 valence electrons. The number of nitrogens with one attached hydrogen (secondary N) is 3. The number of halogens is 1. The van der Waals surface area contributed by atoms with Gasteiger partial charge in [0.25, 0.3) is 0 Å². The van der Waals surface area contributed by atoms with Gasteiger partial charge in [0.1, 0.15) is 5.75 Å². The van der Waals surface area contributed by atoms with Crippen molar-refractivity contribution in [2.24, 2.45) is 0 Å². The van der Waals surface area contributed by atoms with E-state index in [1.165, 1.54) is 7.11 Å². The van der Waals surface area contributed by atoms with Crippen LogP contribution in [0, 0.1) is 5.82 Å². The van der Waals surface area contributed by atoms with Crippen LogP contribution in [0.2, 0.25) is 0 Å². The SMILES string of the molecule is COc1ccc2c(CCNc3ccc(Nc4ccnc5c4CCC5O)c(OC)c3F)c[nH]c2c1. The number of rotatable bonds is 8. The summed E-state index contributed by atoms with van der Waals surface area (Å²) >= 11 is 0. The molecule has 1 aliphatic carbocycles. The number of nitrogens with zero attached hydrogens (tertiary/aromatic N) is 1. The molecule has 2 heterocycles. The Labute approximate surface area is 196 Å². The van der Waals surface area contributed by atoms with Crippen molar-refractivity contribution in [1.29, 1.82) is 0 Å². The van der Waals surface area contributed by atoms with Crippen molar-refractivity contribution in [3.8, 4) is 11.5 Å². The minimum atomic E-state index is -0.555. The van der Waals surface area contributed by atoms with Crippen molar-refractivity contribution in [3.63, 3.8) is 0 Å². The number of methoxy groups -OCH3 is 2. The molecule has 5 rings (SSSR count). The molecule has 8 heteroatoms. The summed E-state index contributed by atoms with van der Waals surface area (Å²) in [6.45, 7) is 0.557. The van der Waals surface area contributed by atoms with Gasteiger partial charge >= 0.3 is 0 Å². The summed E-state index contributed by atoms with van der Waals surface area (Å²) in [6.07, 6.45) is 5.15. The normalized spacial score (nSPS) is 14.8. The van der Waals surface area contributed by atoms with Gasteiger partial charge in [-0.3, -0.25) is 4.98 Å². The average molecular weight is 463 g/mol. The highest BCUT2D eigenvalue weighted by molar-refractivity contribution is 5.84. The van der Waals surface area contributed by atoms with Crippen LogP contribution in [0.5, 0.6) is 11.5 Å². The zero-order valence-corrected chi connectivity index (χ0v) is 19.1. The zero-order valence-electron chi connectivity index (χ0n) is 19.1. The topological polar surface area (TPSA) is 91.4 Å². The molecule has 2 aromatic carbocycles. The largest absolute Gasteiger partial charge is 0.497 e. The van der Waals surface area contributed by atoms with E-state index in [2.05, 4.69) is 20.6 Å². The summed E-state index contributed by atoms with van der Waals surface area (Å²) < 4.78 is 26.0. The molecule has 0 radical (unpaired) electrons. The van der Waals surface area contributed by atoms with Crippen molar-refractivity contribution < 1.29 is 19.0 Å². The summed E-state index contributed by atoms with van der Waals surface area (Å²) in [6, 6.07) is 11.2. The number of anilines is 3. The number of aliphatic hydroxyl groups is 1. The molecule has 1 atom stereocenters. The van der Waals surface area contributed by atoms with Gasteiger partial charge in [-0.05, 0) is 60.7 Å². The number of hydrogen-bond acceptors (Lipinski definition) is 6. The predicted molar refractivity (Wildman–Crippen MR) is 131 cm³/mol. The minimum absolute atomic E-state index is 0.133. The van der Waals surface area contributed by atoms with Gasteiger partial charge in [0, 0.05) is 41.6 Å². The first-order valence-electron chi connectivity index (χ1n) is 11.3. The van der Waals surface area contributed by atoms with Crippen molar-refractivity contribution in [1.82, 2.24) is 9.97 Å². The first-order chi connectivity index (χ1) is 16.6. The summed E-state index contributed by atoms with van der Waals surface area (Å²) in [5.41, 5.74) is 5.48. The molecular weight excluding hydrogens is 435 g/mol. The molecule has 4 aromatic rings. The molecule has 0 amide bonds. The number of pyridine rings is 1. The van der Waals surface area contributed by atoms with Gasteiger partial charge in [-0.15, -0.1) is 0 Å². The summed E-state index contributed by atoms with van der Waals surface area (Å²) in [4.78, 5) is 7.55. The van der Waals surface area contributed by atoms with Crippen molar-refractivity contribution >= 4 is 28.0 Å². The van der Waals surface area contributed by atoms with Crippen molar-refractivity contribution in [2.75, 3.05) is 31.4 Å². The van der Waals surface area contributed by atoms with Gasteiger partial charge < -0.3 is 30.2 Å². The lowest BCUT2D eigenvalue weighted by Gasteiger charge is -2.17. The molecule has 4 N–H and O–H groups in total. The Morgan fingerprint density at radius 1 is 1.12 bits per heavy atom.